The van der Waals surface area contributed by atoms with Crippen LogP contribution in [0.3, 0.4) is 0 Å². The first-order valence-corrected chi connectivity index (χ1v) is 7.94. The summed E-state index contributed by atoms with van der Waals surface area (Å²) < 4.78 is 0. The summed E-state index contributed by atoms with van der Waals surface area (Å²) >= 11 is 0. The zero-order valence-electron chi connectivity index (χ0n) is 13.5. The molecule has 5 nitrogen and oxygen atoms in total. The number of rotatable bonds is 4. The third-order valence-corrected chi connectivity index (χ3v) is 3.87. The lowest BCUT2D eigenvalue weighted by molar-refractivity contribution is 0.0937. The second-order valence-electron chi connectivity index (χ2n) is 6.04. The molecule has 0 saturated carbocycles. The van der Waals surface area contributed by atoms with Gasteiger partial charge in [0, 0.05) is 24.7 Å². The van der Waals surface area contributed by atoms with Crippen molar-refractivity contribution in [3.63, 3.8) is 0 Å². The number of hydrogen-bond acceptors (Lipinski definition) is 4. The van der Waals surface area contributed by atoms with Gasteiger partial charge in [0.2, 0.25) is 0 Å². The Balaban J connectivity index is 2.27. The largest absolute Gasteiger partial charge is 0.354 e. The molecule has 1 aliphatic rings. The molecule has 1 N–H and O–H groups in total. The fourth-order valence-electron chi connectivity index (χ4n) is 2.88. The van der Waals surface area contributed by atoms with E-state index in [9.17, 15) is 4.79 Å². The van der Waals surface area contributed by atoms with E-state index < -0.39 is 0 Å². The van der Waals surface area contributed by atoms with Crippen molar-refractivity contribution in [3.8, 4) is 0 Å². The Labute approximate surface area is 127 Å². The predicted octanol–water partition coefficient (Wildman–Crippen LogP) is 2.69. The second-order valence-corrected chi connectivity index (χ2v) is 6.04. The number of carbonyl (C=O) groups is 1. The zero-order chi connectivity index (χ0) is 15.4. The van der Waals surface area contributed by atoms with Crippen molar-refractivity contribution in [2.75, 3.05) is 11.4 Å². The molecule has 21 heavy (non-hydrogen) atoms. The van der Waals surface area contributed by atoms with Crippen molar-refractivity contribution in [2.45, 2.75) is 65.5 Å². The molecule has 2 heterocycles. The summed E-state index contributed by atoms with van der Waals surface area (Å²) in [6, 6.07) is 2.46. The molecule has 1 aromatic heterocycles. The van der Waals surface area contributed by atoms with Crippen molar-refractivity contribution in [2.24, 2.45) is 0 Å². The summed E-state index contributed by atoms with van der Waals surface area (Å²) in [5, 5.41) is 2.89. The first-order valence-electron chi connectivity index (χ1n) is 7.94. The molecule has 1 amide bonds. The monoisotopic (exact) mass is 290 g/mol. The standard InChI is InChI=1S/C16H26N4O/c1-5-13-8-6-7-9-20(13)15-10-14(18-12(4)19-15)16(21)17-11(2)3/h10-11,13H,5-9H2,1-4H3,(H,17,21). The van der Waals surface area contributed by atoms with Gasteiger partial charge in [-0.2, -0.15) is 0 Å². The number of aromatic nitrogens is 2. The molecule has 1 atom stereocenters. The fraction of sp³-hybridized carbons (Fsp3) is 0.688. The van der Waals surface area contributed by atoms with E-state index in [1.807, 2.05) is 26.8 Å². The van der Waals surface area contributed by atoms with Crippen LogP contribution in [0.5, 0.6) is 0 Å². The van der Waals surface area contributed by atoms with Crippen LogP contribution in [0.25, 0.3) is 0 Å². The van der Waals surface area contributed by atoms with Gasteiger partial charge in [0.15, 0.2) is 0 Å². The smallest absolute Gasteiger partial charge is 0.270 e. The zero-order valence-corrected chi connectivity index (χ0v) is 13.5. The van der Waals surface area contributed by atoms with Crippen molar-refractivity contribution < 1.29 is 4.79 Å². The van der Waals surface area contributed by atoms with Gasteiger partial charge in [-0.05, 0) is 46.5 Å². The lowest BCUT2D eigenvalue weighted by Crippen LogP contribution is -2.40. The molecule has 116 valence electrons. The summed E-state index contributed by atoms with van der Waals surface area (Å²) in [7, 11) is 0. The summed E-state index contributed by atoms with van der Waals surface area (Å²) in [4.78, 5) is 23.3. The summed E-state index contributed by atoms with van der Waals surface area (Å²) in [5.41, 5.74) is 0.464. The maximum atomic E-state index is 12.2. The van der Waals surface area contributed by atoms with Crippen LogP contribution in [0.1, 0.15) is 62.8 Å². The van der Waals surface area contributed by atoms with Gasteiger partial charge in [0.25, 0.3) is 5.91 Å². The van der Waals surface area contributed by atoms with Crippen molar-refractivity contribution in [1.29, 1.82) is 0 Å². The van der Waals surface area contributed by atoms with Crippen LogP contribution in [0.15, 0.2) is 6.07 Å². The molecular formula is C16H26N4O. The molecular weight excluding hydrogens is 264 g/mol. The van der Waals surface area contributed by atoms with Crippen LogP contribution in [0.2, 0.25) is 0 Å². The van der Waals surface area contributed by atoms with Crippen LogP contribution in [0, 0.1) is 6.92 Å². The normalized spacial score (nSPS) is 18.9. The number of hydrogen-bond donors (Lipinski definition) is 1. The maximum Gasteiger partial charge on any atom is 0.270 e. The van der Waals surface area contributed by atoms with Gasteiger partial charge in [-0.1, -0.05) is 6.92 Å². The average Bonchev–Trinajstić information content (AvgIpc) is 2.45. The Morgan fingerprint density at radius 3 is 2.86 bits per heavy atom. The summed E-state index contributed by atoms with van der Waals surface area (Å²) in [6.07, 6.45) is 4.77. The lowest BCUT2D eigenvalue weighted by Gasteiger charge is -2.36. The number of amides is 1. The Kier molecular flexibility index (Phi) is 5.15. The summed E-state index contributed by atoms with van der Waals surface area (Å²) in [6.45, 7) is 8.97. The average molecular weight is 290 g/mol. The van der Waals surface area contributed by atoms with E-state index in [0.717, 1.165) is 18.8 Å². The van der Waals surface area contributed by atoms with Gasteiger partial charge < -0.3 is 10.2 Å². The van der Waals surface area contributed by atoms with Gasteiger partial charge in [0.05, 0.1) is 0 Å². The second kappa shape index (κ2) is 6.87. The van der Waals surface area contributed by atoms with Crippen LogP contribution in [0.4, 0.5) is 5.82 Å². The Morgan fingerprint density at radius 1 is 1.43 bits per heavy atom. The number of aryl methyl sites for hydroxylation is 1. The maximum absolute atomic E-state index is 12.2. The van der Waals surface area contributed by atoms with Gasteiger partial charge in [0.1, 0.15) is 17.3 Å². The highest BCUT2D eigenvalue weighted by Crippen LogP contribution is 2.25. The van der Waals surface area contributed by atoms with Gasteiger partial charge >= 0.3 is 0 Å². The Morgan fingerprint density at radius 2 is 2.19 bits per heavy atom. The van der Waals surface area contributed by atoms with E-state index in [2.05, 4.69) is 27.1 Å². The van der Waals surface area contributed by atoms with Gasteiger partial charge in [-0.15, -0.1) is 0 Å². The Bertz CT molecular complexity index is 501. The molecule has 1 aromatic rings. The number of piperidine rings is 1. The van der Waals surface area contributed by atoms with Crippen molar-refractivity contribution in [1.82, 2.24) is 15.3 Å². The summed E-state index contributed by atoms with van der Waals surface area (Å²) in [5.74, 6) is 1.42. The highest BCUT2D eigenvalue weighted by molar-refractivity contribution is 5.93. The van der Waals surface area contributed by atoms with E-state index >= 15 is 0 Å². The molecule has 0 spiro atoms. The van der Waals surface area contributed by atoms with Crippen LogP contribution >= 0.6 is 0 Å². The lowest BCUT2D eigenvalue weighted by atomic mass is 10.00. The minimum atomic E-state index is -0.123. The third-order valence-electron chi connectivity index (χ3n) is 3.87. The molecule has 1 saturated heterocycles. The van der Waals surface area contributed by atoms with Gasteiger partial charge in [-0.25, -0.2) is 9.97 Å². The predicted molar refractivity (Wildman–Crippen MR) is 84.6 cm³/mol. The number of anilines is 1. The number of nitrogens with one attached hydrogen (secondary N) is 1. The van der Waals surface area contributed by atoms with Gasteiger partial charge in [-0.3, -0.25) is 4.79 Å². The molecule has 2 rings (SSSR count). The molecule has 1 fully saturated rings. The van der Waals surface area contributed by atoms with E-state index in [0.29, 0.717) is 17.6 Å². The molecule has 0 bridgehead atoms. The highest BCUT2D eigenvalue weighted by Gasteiger charge is 2.23. The van der Waals surface area contributed by atoms with Crippen LogP contribution in [-0.2, 0) is 0 Å². The molecule has 5 heteroatoms. The van der Waals surface area contributed by atoms with Crippen molar-refractivity contribution in [3.05, 3.63) is 17.6 Å². The quantitative estimate of drug-likeness (QED) is 0.926. The van der Waals surface area contributed by atoms with E-state index in [4.69, 9.17) is 0 Å². The first kappa shape index (κ1) is 15.7. The van der Waals surface area contributed by atoms with E-state index in [1.165, 1.54) is 19.3 Å². The molecule has 0 aromatic carbocycles. The molecule has 0 aliphatic carbocycles. The Hall–Kier alpha value is -1.65. The van der Waals surface area contributed by atoms with Crippen molar-refractivity contribution >= 4 is 11.7 Å². The first-order chi connectivity index (χ1) is 10.0. The van der Waals surface area contributed by atoms with Crippen LogP contribution in [-0.4, -0.2) is 34.5 Å². The van der Waals surface area contributed by atoms with E-state index in [1.54, 1.807) is 0 Å². The molecule has 1 unspecified atom stereocenters. The number of nitrogens with zero attached hydrogens (tertiary/aromatic N) is 3. The minimum Gasteiger partial charge on any atom is -0.354 e. The third kappa shape index (κ3) is 3.93. The molecule has 1 aliphatic heterocycles. The highest BCUT2D eigenvalue weighted by atomic mass is 16.1. The SMILES string of the molecule is CCC1CCCCN1c1cc(C(=O)NC(C)C)nc(C)n1. The topological polar surface area (TPSA) is 58.1 Å². The minimum absolute atomic E-state index is 0.106. The fourth-order valence-corrected chi connectivity index (χ4v) is 2.88. The van der Waals surface area contributed by atoms with E-state index in [-0.39, 0.29) is 11.9 Å². The molecule has 0 radical (unpaired) electrons. The number of carbonyl (C=O) groups excluding carboxylic acids is 1. The van der Waals surface area contributed by atoms with Crippen LogP contribution < -0.4 is 10.2 Å².